The smallest absolute Gasteiger partial charge is 0.243 e. The summed E-state index contributed by atoms with van der Waals surface area (Å²) < 4.78 is 46.1. The Hall–Kier alpha value is -2.33. The summed E-state index contributed by atoms with van der Waals surface area (Å²) in [6.07, 6.45) is 1.22. The maximum atomic E-state index is 13.3. The number of amides is 1. The Morgan fingerprint density at radius 3 is 2.45 bits per heavy atom. The Morgan fingerprint density at radius 1 is 1.06 bits per heavy atom. The number of carbonyl (C=O) groups is 1. The Morgan fingerprint density at radius 2 is 1.76 bits per heavy atom. The zero-order chi connectivity index (χ0) is 23.3. The Balaban J connectivity index is 1.45. The molecule has 4 rings (SSSR count). The number of morpholine rings is 1. The van der Waals surface area contributed by atoms with Gasteiger partial charge in [-0.1, -0.05) is 30.3 Å². The highest BCUT2D eigenvalue weighted by Gasteiger charge is 2.34. The maximum Gasteiger partial charge on any atom is 0.243 e. The van der Waals surface area contributed by atoms with Crippen molar-refractivity contribution in [3.8, 4) is 0 Å². The number of hydrogen-bond acceptors (Lipinski definition) is 5. The van der Waals surface area contributed by atoms with Gasteiger partial charge in [0.2, 0.25) is 15.9 Å². The third-order valence-electron chi connectivity index (χ3n) is 6.27. The molecule has 7 nitrogen and oxygen atoms in total. The van der Waals surface area contributed by atoms with Crippen molar-refractivity contribution in [1.29, 1.82) is 0 Å². The molecular weight excluding hydrogens is 445 g/mol. The summed E-state index contributed by atoms with van der Waals surface area (Å²) in [4.78, 5) is 15.6. The van der Waals surface area contributed by atoms with Gasteiger partial charge in [-0.25, -0.2) is 12.8 Å². The van der Waals surface area contributed by atoms with Gasteiger partial charge in [0.1, 0.15) is 5.82 Å². The summed E-state index contributed by atoms with van der Waals surface area (Å²) in [5.41, 5.74) is 1.02. The van der Waals surface area contributed by atoms with E-state index in [0.29, 0.717) is 39.1 Å². The molecule has 2 aliphatic heterocycles. The molecule has 2 fully saturated rings. The fourth-order valence-electron chi connectivity index (χ4n) is 4.38. The number of benzene rings is 2. The minimum Gasteiger partial charge on any atom is -0.379 e. The molecule has 2 aromatic carbocycles. The van der Waals surface area contributed by atoms with Crippen LogP contribution in [0.3, 0.4) is 0 Å². The second-order valence-electron chi connectivity index (χ2n) is 8.54. The first kappa shape index (κ1) is 23.8. The quantitative estimate of drug-likeness (QED) is 0.666. The molecule has 2 atom stereocenters. The van der Waals surface area contributed by atoms with Crippen LogP contribution >= 0.6 is 0 Å². The lowest BCUT2D eigenvalue weighted by atomic mass is 9.97. The highest BCUT2D eigenvalue weighted by molar-refractivity contribution is 7.89. The fraction of sp³-hybridized carbons (Fsp3) is 0.458. The van der Waals surface area contributed by atoms with Crippen LogP contribution in [-0.4, -0.2) is 69.5 Å². The number of nitrogens with zero attached hydrogens (tertiary/aromatic N) is 2. The lowest BCUT2D eigenvalue weighted by Gasteiger charge is -2.34. The summed E-state index contributed by atoms with van der Waals surface area (Å²) in [5.74, 6) is -1.07. The van der Waals surface area contributed by atoms with Gasteiger partial charge in [0.25, 0.3) is 0 Å². The predicted molar refractivity (Wildman–Crippen MR) is 122 cm³/mol. The summed E-state index contributed by atoms with van der Waals surface area (Å²) in [5, 5.41) is 3.18. The normalized spacial score (nSPS) is 21.4. The molecular formula is C24H30FN3O4S. The average molecular weight is 476 g/mol. The molecule has 178 valence electrons. The SMILES string of the molecule is O=C(NC(CN1CCOCC1)c1ccccc1)C1CCCN(S(=O)(=O)c2ccc(F)cc2)C1. The molecule has 1 N–H and O–H groups in total. The summed E-state index contributed by atoms with van der Waals surface area (Å²) in [6, 6.07) is 14.4. The summed E-state index contributed by atoms with van der Waals surface area (Å²) in [6.45, 7) is 4.11. The second-order valence-corrected chi connectivity index (χ2v) is 10.5. The van der Waals surface area contributed by atoms with Crippen LogP contribution in [0.1, 0.15) is 24.4 Å². The van der Waals surface area contributed by atoms with Crippen LogP contribution in [0.5, 0.6) is 0 Å². The van der Waals surface area contributed by atoms with Crippen molar-refractivity contribution in [3.63, 3.8) is 0 Å². The fourth-order valence-corrected chi connectivity index (χ4v) is 5.91. The number of rotatable bonds is 7. The van der Waals surface area contributed by atoms with Crippen molar-refractivity contribution in [1.82, 2.24) is 14.5 Å². The molecule has 0 spiro atoms. The van der Waals surface area contributed by atoms with E-state index in [1.54, 1.807) is 0 Å². The first-order chi connectivity index (χ1) is 15.9. The van der Waals surface area contributed by atoms with E-state index in [-0.39, 0.29) is 23.4 Å². The Labute approximate surface area is 194 Å². The Kier molecular flexibility index (Phi) is 7.75. The zero-order valence-electron chi connectivity index (χ0n) is 18.5. The predicted octanol–water partition coefficient (Wildman–Crippen LogP) is 2.42. The van der Waals surface area contributed by atoms with Gasteiger partial charge in [-0.15, -0.1) is 0 Å². The number of halogens is 1. The van der Waals surface area contributed by atoms with Crippen molar-refractivity contribution < 1.29 is 22.3 Å². The molecule has 2 saturated heterocycles. The zero-order valence-corrected chi connectivity index (χ0v) is 19.3. The molecule has 2 aromatic rings. The van der Waals surface area contributed by atoms with E-state index >= 15 is 0 Å². The van der Waals surface area contributed by atoms with E-state index in [1.807, 2.05) is 30.3 Å². The van der Waals surface area contributed by atoms with Crippen LogP contribution in [0.15, 0.2) is 59.5 Å². The van der Waals surface area contributed by atoms with Crippen LogP contribution in [0.25, 0.3) is 0 Å². The monoisotopic (exact) mass is 475 g/mol. The molecule has 0 radical (unpaired) electrons. The topological polar surface area (TPSA) is 79.0 Å². The van der Waals surface area contributed by atoms with Gasteiger partial charge in [0.15, 0.2) is 0 Å². The van der Waals surface area contributed by atoms with Crippen LogP contribution in [0.4, 0.5) is 4.39 Å². The van der Waals surface area contributed by atoms with Gasteiger partial charge in [0, 0.05) is 32.7 Å². The third-order valence-corrected chi connectivity index (χ3v) is 8.15. The molecule has 0 bridgehead atoms. The van der Waals surface area contributed by atoms with Crippen LogP contribution in [0.2, 0.25) is 0 Å². The van der Waals surface area contributed by atoms with E-state index in [0.717, 1.165) is 30.8 Å². The molecule has 0 aromatic heterocycles. The molecule has 1 amide bonds. The number of piperidine rings is 1. The molecule has 0 saturated carbocycles. The van der Waals surface area contributed by atoms with Crippen LogP contribution < -0.4 is 5.32 Å². The van der Waals surface area contributed by atoms with E-state index in [4.69, 9.17) is 4.74 Å². The van der Waals surface area contributed by atoms with Gasteiger partial charge in [-0.2, -0.15) is 4.31 Å². The third kappa shape index (κ3) is 5.97. The van der Waals surface area contributed by atoms with Crippen molar-refractivity contribution in [2.45, 2.75) is 23.8 Å². The van der Waals surface area contributed by atoms with E-state index in [2.05, 4.69) is 10.2 Å². The van der Waals surface area contributed by atoms with E-state index in [1.165, 1.54) is 16.4 Å². The van der Waals surface area contributed by atoms with Crippen molar-refractivity contribution in [2.24, 2.45) is 5.92 Å². The first-order valence-electron chi connectivity index (χ1n) is 11.3. The van der Waals surface area contributed by atoms with Crippen molar-refractivity contribution >= 4 is 15.9 Å². The standard InChI is InChI=1S/C24H30FN3O4S/c25-21-8-10-22(11-9-21)33(30,31)28-12-4-7-20(17-28)24(29)26-23(19-5-2-1-3-6-19)18-27-13-15-32-16-14-27/h1-3,5-6,8-11,20,23H,4,7,12-18H2,(H,26,29). The number of carbonyl (C=O) groups excluding carboxylic acids is 1. The second kappa shape index (κ2) is 10.7. The summed E-state index contributed by atoms with van der Waals surface area (Å²) in [7, 11) is -3.78. The molecule has 2 unspecified atom stereocenters. The van der Waals surface area contributed by atoms with Gasteiger partial charge < -0.3 is 10.1 Å². The van der Waals surface area contributed by atoms with Crippen LogP contribution in [-0.2, 0) is 19.6 Å². The van der Waals surface area contributed by atoms with Gasteiger partial charge in [-0.3, -0.25) is 9.69 Å². The molecule has 2 aliphatic rings. The molecule has 9 heteroatoms. The maximum absolute atomic E-state index is 13.3. The van der Waals surface area contributed by atoms with Gasteiger partial charge >= 0.3 is 0 Å². The lowest BCUT2D eigenvalue weighted by molar-refractivity contribution is -0.127. The van der Waals surface area contributed by atoms with Gasteiger partial charge in [-0.05, 0) is 42.7 Å². The molecule has 0 aliphatic carbocycles. The number of ether oxygens (including phenoxy) is 1. The van der Waals surface area contributed by atoms with Crippen molar-refractivity contribution in [3.05, 3.63) is 66.0 Å². The first-order valence-corrected chi connectivity index (χ1v) is 12.8. The minimum absolute atomic E-state index is 0.0411. The largest absolute Gasteiger partial charge is 0.379 e. The molecule has 2 heterocycles. The lowest BCUT2D eigenvalue weighted by Crippen LogP contribution is -2.48. The highest BCUT2D eigenvalue weighted by atomic mass is 32.2. The summed E-state index contributed by atoms with van der Waals surface area (Å²) >= 11 is 0. The number of sulfonamides is 1. The van der Waals surface area contributed by atoms with Crippen LogP contribution in [0, 0.1) is 11.7 Å². The minimum atomic E-state index is -3.78. The van der Waals surface area contributed by atoms with Crippen molar-refractivity contribution in [2.75, 3.05) is 45.9 Å². The number of nitrogens with one attached hydrogen (secondary N) is 1. The number of hydrogen-bond donors (Lipinski definition) is 1. The van der Waals surface area contributed by atoms with Gasteiger partial charge in [0.05, 0.1) is 30.1 Å². The Bertz CT molecular complexity index is 1030. The highest BCUT2D eigenvalue weighted by Crippen LogP contribution is 2.25. The molecule has 33 heavy (non-hydrogen) atoms. The van der Waals surface area contributed by atoms with E-state index in [9.17, 15) is 17.6 Å². The average Bonchev–Trinajstić information content (AvgIpc) is 2.85. The van der Waals surface area contributed by atoms with E-state index < -0.39 is 21.8 Å².